The highest BCUT2D eigenvalue weighted by Crippen LogP contribution is 2.22. The molecule has 20 heavy (non-hydrogen) atoms. The number of unbranched alkanes of at least 4 members (excludes halogenated alkanes) is 1. The summed E-state index contributed by atoms with van der Waals surface area (Å²) in [5, 5.41) is 1.76. The van der Waals surface area contributed by atoms with Crippen LogP contribution in [0.5, 0.6) is 0 Å². The number of piperazine rings is 1. The fraction of sp³-hybridized carbons (Fsp3) is 0.615. The third-order valence-electron chi connectivity index (χ3n) is 3.42. The molecule has 0 bridgehead atoms. The lowest BCUT2D eigenvalue weighted by Crippen LogP contribution is -2.50. The van der Waals surface area contributed by atoms with Crippen molar-refractivity contribution in [2.45, 2.75) is 30.4 Å². The largest absolute Gasteiger partial charge is 0.340 e. The van der Waals surface area contributed by atoms with E-state index in [0.717, 1.165) is 12.8 Å². The molecule has 0 aliphatic carbocycles. The van der Waals surface area contributed by atoms with Crippen LogP contribution in [-0.4, -0.2) is 49.7 Å². The number of carbonyl (C=O) groups is 1. The monoisotopic (exact) mass is 316 g/mol. The van der Waals surface area contributed by atoms with Crippen molar-refractivity contribution in [2.24, 2.45) is 0 Å². The van der Waals surface area contributed by atoms with Crippen LogP contribution in [0, 0.1) is 0 Å². The smallest absolute Gasteiger partial charge is 0.252 e. The molecule has 2 rings (SSSR count). The molecule has 1 aromatic heterocycles. The van der Waals surface area contributed by atoms with Crippen LogP contribution >= 0.6 is 11.3 Å². The Hall–Kier alpha value is -0.920. The minimum absolute atomic E-state index is 0.139. The molecule has 1 aliphatic heterocycles. The molecule has 112 valence electrons. The van der Waals surface area contributed by atoms with Gasteiger partial charge in [0.15, 0.2) is 0 Å². The zero-order chi connectivity index (χ0) is 14.6. The Bertz CT molecular complexity index is 532. The SMILES string of the molecule is CCCCC(=O)N1CCN(S(=O)(=O)c2cccs2)CC1. The Labute approximate surface area is 124 Å². The molecule has 1 saturated heterocycles. The van der Waals surface area contributed by atoms with E-state index in [2.05, 4.69) is 6.92 Å². The molecule has 5 nitrogen and oxygen atoms in total. The first-order chi connectivity index (χ1) is 9.55. The van der Waals surface area contributed by atoms with E-state index in [1.807, 2.05) is 0 Å². The molecule has 1 amide bonds. The molecular weight excluding hydrogens is 296 g/mol. The molecule has 0 unspecified atom stereocenters. The van der Waals surface area contributed by atoms with Crippen molar-refractivity contribution in [1.29, 1.82) is 0 Å². The van der Waals surface area contributed by atoms with Gasteiger partial charge in [-0.1, -0.05) is 19.4 Å². The number of sulfonamides is 1. The Morgan fingerprint density at radius 2 is 2.00 bits per heavy atom. The second-order valence-corrected chi connectivity index (χ2v) is 7.93. The first kappa shape index (κ1) is 15.5. The molecule has 0 aromatic carbocycles. The molecule has 1 aromatic rings. The van der Waals surface area contributed by atoms with Crippen LogP contribution < -0.4 is 0 Å². The molecule has 0 radical (unpaired) electrons. The highest BCUT2D eigenvalue weighted by molar-refractivity contribution is 7.91. The second kappa shape index (κ2) is 6.69. The Morgan fingerprint density at radius 1 is 1.30 bits per heavy atom. The van der Waals surface area contributed by atoms with E-state index in [-0.39, 0.29) is 5.91 Å². The van der Waals surface area contributed by atoms with Crippen molar-refractivity contribution >= 4 is 27.3 Å². The van der Waals surface area contributed by atoms with E-state index in [9.17, 15) is 13.2 Å². The van der Waals surface area contributed by atoms with Crippen LogP contribution in [0.3, 0.4) is 0 Å². The van der Waals surface area contributed by atoms with Gasteiger partial charge in [0.1, 0.15) is 4.21 Å². The summed E-state index contributed by atoms with van der Waals surface area (Å²) in [5.41, 5.74) is 0. The third-order valence-corrected chi connectivity index (χ3v) is 6.70. The standard InChI is InChI=1S/C13H20N2O3S2/c1-2-3-5-12(16)14-7-9-15(10-8-14)20(17,18)13-6-4-11-19-13/h4,6,11H,2-3,5,7-10H2,1H3. The van der Waals surface area contributed by atoms with Crippen LogP contribution in [-0.2, 0) is 14.8 Å². The van der Waals surface area contributed by atoms with Crippen LogP contribution in [0.4, 0.5) is 0 Å². The molecule has 0 spiro atoms. The number of hydrogen-bond donors (Lipinski definition) is 0. The predicted molar refractivity (Wildman–Crippen MR) is 79.2 cm³/mol. The second-order valence-electron chi connectivity index (χ2n) is 4.82. The molecular formula is C13H20N2O3S2. The van der Waals surface area contributed by atoms with E-state index >= 15 is 0 Å². The third kappa shape index (κ3) is 3.39. The normalized spacial score (nSPS) is 17.4. The first-order valence-electron chi connectivity index (χ1n) is 6.87. The average Bonchev–Trinajstić information content (AvgIpc) is 3.00. The summed E-state index contributed by atoms with van der Waals surface area (Å²) in [4.78, 5) is 13.7. The zero-order valence-electron chi connectivity index (χ0n) is 11.6. The molecule has 7 heteroatoms. The Balaban J connectivity index is 1.93. The van der Waals surface area contributed by atoms with Gasteiger partial charge in [0.25, 0.3) is 10.0 Å². The van der Waals surface area contributed by atoms with Gasteiger partial charge in [0.05, 0.1) is 0 Å². The molecule has 0 N–H and O–H groups in total. The number of nitrogens with zero attached hydrogens (tertiary/aromatic N) is 2. The molecule has 0 saturated carbocycles. The summed E-state index contributed by atoms with van der Waals surface area (Å²) >= 11 is 1.23. The fourth-order valence-corrected chi connectivity index (χ4v) is 4.77. The highest BCUT2D eigenvalue weighted by Gasteiger charge is 2.30. The van der Waals surface area contributed by atoms with Crippen molar-refractivity contribution in [2.75, 3.05) is 26.2 Å². The summed E-state index contributed by atoms with van der Waals surface area (Å²) in [7, 11) is -3.37. The Morgan fingerprint density at radius 3 is 2.55 bits per heavy atom. The number of carbonyl (C=O) groups excluding carboxylic acids is 1. The molecule has 0 atom stereocenters. The molecule has 2 heterocycles. The van der Waals surface area contributed by atoms with Crippen molar-refractivity contribution in [3.05, 3.63) is 17.5 Å². The summed E-state index contributed by atoms with van der Waals surface area (Å²) in [5.74, 6) is 0.139. The first-order valence-corrected chi connectivity index (χ1v) is 9.19. The van der Waals surface area contributed by atoms with Gasteiger partial charge in [0.2, 0.25) is 5.91 Å². The van der Waals surface area contributed by atoms with Gasteiger partial charge in [-0.3, -0.25) is 4.79 Å². The maximum atomic E-state index is 12.3. The van der Waals surface area contributed by atoms with Crippen LogP contribution in [0.2, 0.25) is 0 Å². The van der Waals surface area contributed by atoms with Crippen LogP contribution in [0.25, 0.3) is 0 Å². The van der Waals surface area contributed by atoms with Gasteiger partial charge >= 0.3 is 0 Å². The van der Waals surface area contributed by atoms with Crippen LogP contribution in [0.1, 0.15) is 26.2 Å². The fourth-order valence-electron chi connectivity index (χ4n) is 2.20. The number of amides is 1. The maximum absolute atomic E-state index is 12.3. The van der Waals surface area contributed by atoms with E-state index in [1.54, 1.807) is 22.4 Å². The minimum atomic E-state index is -3.37. The van der Waals surface area contributed by atoms with Gasteiger partial charge in [-0.15, -0.1) is 11.3 Å². The molecule has 1 aliphatic rings. The molecule has 1 fully saturated rings. The summed E-state index contributed by atoms with van der Waals surface area (Å²) in [6.07, 6.45) is 2.46. The zero-order valence-corrected chi connectivity index (χ0v) is 13.3. The van der Waals surface area contributed by atoms with E-state index in [0.29, 0.717) is 36.8 Å². The maximum Gasteiger partial charge on any atom is 0.252 e. The van der Waals surface area contributed by atoms with E-state index < -0.39 is 10.0 Å². The quantitative estimate of drug-likeness (QED) is 0.832. The topological polar surface area (TPSA) is 57.7 Å². The van der Waals surface area contributed by atoms with Crippen molar-refractivity contribution in [3.8, 4) is 0 Å². The number of rotatable bonds is 5. The van der Waals surface area contributed by atoms with Crippen molar-refractivity contribution in [1.82, 2.24) is 9.21 Å². The van der Waals surface area contributed by atoms with Crippen molar-refractivity contribution < 1.29 is 13.2 Å². The highest BCUT2D eigenvalue weighted by atomic mass is 32.2. The van der Waals surface area contributed by atoms with Gasteiger partial charge in [-0.2, -0.15) is 4.31 Å². The summed E-state index contributed by atoms with van der Waals surface area (Å²) in [6, 6.07) is 3.36. The van der Waals surface area contributed by atoms with Crippen molar-refractivity contribution in [3.63, 3.8) is 0 Å². The lowest BCUT2D eigenvalue weighted by Gasteiger charge is -2.33. The van der Waals surface area contributed by atoms with Gasteiger partial charge in [-0.05, 0) is 17.9 Å². The summed E-state index contributed by atoms with van der Waals surface area (Å²) < 4.78 is 26.5. The van der Waals surface area contributed by atoms with Crippen LogP contribution in [0.15, 0.2) is 21.7 Å². The lowest BCUT2D eigenvalue weighted by atomic mass is 10.2. The number of thiophene rings is 1. The predicted octanol–water partition coefficient (Wildman–Crippen LogP) is 1.77. The summed E-state index contributed by atoms with van der Waals surface area (Å²) in [6.45, 7) is 3.81. The van der Waals surface area contributed by atoms with Gasteiger partial charge < -0.3 is 4.90 Å². The average molecular weight is 316 g/mol. The minimum Gasteiger partial charge on any atom is -0.340 e. The van der Waals surface area contributed by atoms with Gasteiger partial charge in [0, 0.05) is 32.6 Å². The number of hydrogen-bond acceptors (Lipinski definition) is 4. The van der Waals surface area contributed by atoms with E-state index in [4.69, 9.17) is 0 Å². The van der Waals surface area contributed by atoms with Gasteiger partial charge in [-0.25, -0.2) is 8.42 Å². The Kier molecular flexibility index (Phi) is 5.17. The lowest BCUT2D eigenvalue weighted by molar-refractivity contribution is -0.132. The van der Waals surface area contributed by atoms with E-state index in [1.165, 1.54) is 15.6 Å².